The molecule has 0 spiro atoms. The van der Waals surface area contributed by atoms with Gasteiger partial charge in [-0.05, 0) is 52.0 Å². The van der Waals surface area contributed by atoms with E-state index in [4.69, 9.17) is 9.47 Å². The van der Waals surface area contributed by atoms with Crippen LogP contribution in [0.15, 0.2) is 11.6 Å². The molecule has 19 heavy (non-hydrogen) atoms. The van der Waals surface area contributed by atoms with E-state index < -0.39 is 0 Å². The highest BCUT2D eigenvalue weighted by molar-refractivity contribution is 4.96. The van der Waals surface area contributed by atoms with Gasteiger partial charge in [-0.3, -0.25) is 0 Å². The molecule has 0 amide bonds. The SMILES string of the molecule is CCC(C)(C)CCOC(C=C(C)C)OC(C)(C)CC. The largest absolute Gasteiger partial charge is 0.349 e. The van der Waals surface area contributed by atoms with Crippen molar-refractivity contribution >= 4 is 0 Å². The summed E-state index contributed by atoms with van der Waals surface area (Å²) in [5, 5.41) is 0. The molecule has 0 aromatic carbocycles. The number of hydrogen-bond acceptors (Lipinski definition) is 2. The number of hydrogen-bond donors (Lipinski definition) is 0. The summed E-state index contributed by atoms with van der Waals surface area (Å²) < 4.78 is 12.0. The molecule has 0 saturated heterocycles. The molecule has 1 atom stereocenters. The zero-order valence-electron chi connectivity index (χ0n) is 14.3. The summed E-state index contributed by atoms with van der Waals surface area (Å²) in [6, 6.07) is 0. The lowest BCUT2D eigenvalue weighted by Crippen LogP contribution is -2.31. The Labute approximate surface area is 120 Å². The lowest BCUT2D eigenvalue weighted by molar-refractivity contribution is -0.178. The normalized spacial score (nSPS) is 14.3. The smallest absolute Gasteiger partial charge is 0.177 e. The third-order valence-corrected chi connectivity index (χ3v) is 3.77. The molecule has 0 aliphatic heterocycles. The van der Waals surface area contributed by atoms with E-state index in [1.807, 2.05) is 0 Å². The molecule has 0 fully saturated rings. The minimum atomic E-state index is -0.229. The fourth-order valence-electron chi connectivity index (χ4n) is 1.41. The summed E-state index contributed by atoms with van der Waals surface area (Å²) >= 11 is 0. The summed E-state index contributed by atoms with van der Waals surface area (Å²) in [6.45, 7) is 18.0. The zero-order chi connectivity index (χ0) is 15.1. The van der Waals surface area contributed by atoms with Gasteiger partial charge >= 0.3 is 0 Å². The third kappa shape index (κ3) is 9.23. The van der Waals surface area contributed by atoms with Crippen LogP contribution in [-0.4, -0.2) is 18.5 Å². The van der Waals surface area contributed by atoms with Crippen LogP contribution in [0.2, 0.25) is 0 Å². The van der Waals surface area contributed by atoms with Crippen molar-refractivity contribution < 1.29 is 9.47 Å². The standard InChI is InChI=1S/C17H34O2/c1-9-16(5,6)11-12-18-15(13-14(3)4)19-17(7,8)10-2/h13,15H,9-12H2,1-8H3. The molecule has 0 aromatic rings. The van der Waals surface area contributed by atoms with Gasteiger partial charge in [-0.2, -0.15) is 0 Å². The third-order valence-electron chi connectivity index (χ3n) is 3.77. The number of ether oxygens (including phenoxy) is 2. The van der Waals surface area contributed by atoms with Crippen LogP contribution >= 0.6 is 0 Å². The van der Waals surface area contributed by atoms with Crippen molar-refractivity contribution in [3.63, 3.8) is 0 Å². The Morgan fingerprint density at radius 1 is 1.05 bits per heavy atom. The topological polar surface area (TPSA) is 18.5 Å². The van der Waals surface area contributed by atoms with Crippen molar-refractivity contribution in [2.75, 3.05) is 6.61 Å². The van der Waals surface area contributed by atoms with Gasteiger partial charge in [0.15, 0.2) is 6.29 Å². The Morgan fingerprint density at radius 3 is 2.05 bits per heavy atom. The molecule has 2 heteroatoms. The van der Waals surface area contributed by atoms with Crippen LogP contribution in [0.25, 0.3) is 0 Å². The first-order valence-corrected chi connectivity index (χ1v) is 7.56. The van der Waals surface area contributed by atoms with Crippen molar-refractivity contribution in [2.24, 2.45) is 5.41 Å². The molecule has 114 valence electrons. The zero-order valence-corrected chi connectivity index (χ0v) is 14.3. The first kappa shape index (κ1) is 18.7. The van der Waals surface area contributed by atoms with Crippen molar-refractivity contribution in [1.29, 1.82) is 0 Å². The highest BCUT2D eigenvalue weighted by atomic mass is 16.7. The quantitative estimate of drug-likeness (QED) is 0.416. The molecule has 2 nitrogen and oxygen atoms in total. The van der Waals surface area contributed by atoms with E-state index in [0.717, 1.165) is 19.4 Å². The van der Waals surface area contributed by atoms with Gasteiger partial charge in [0.2, 0.25) is 0 Å². The van der Waals surface area contributed by atoms with Crippen molar-refractivity contribution in [3.8, 4) is 0 Å². The highest BCUT2D eigenvalue weighted by Crippen LogP contribution is 2.25. The van der Waals surface area contributed by atoms with Crippen molar-refractivity contribution in [1.82, 2.24) is 0 Å². The predicted octanol–water partition coefficient (Wildman–Crippen LogP) is 5.33. The molecule has 0 N–H and O–H groups in total. The van der Waals surface area contributed by atoms with Crippen LogP contribution in [0.1, 0.15) is 74.7 Å². The molecule has 1 unspecified atom stereocenters. The fourth-order valence-corrected chi connectivity index (χ4v) is 1.41. The van der Waals surface area contributed by atoms with Crippen LogP contribution in [0.5, 0.6) is 0 Å². The summed E-state index contributed by atoms with van der Waals surface area (Å²) in [4.78, 5) is 0. The average Bonchev–Trinajstić information content (AvgIpc) is 2.27. The summed E-state index contributed by atoms with van der Waals surface area (Å²) in [6.07, 6.45) is 5.05. The highest BCUT2D eigenvalue weighted by Gasteiger charge is 2.22. The van der Waals surface area contributed by atoms with Crippen LogP contribution in [0.3, 0.4) is 0 Å². The second-order valence-corrected chi connectivity index (χ2v) is 6.98. The maximum atomic E-state index is 6.05. The molecule has 0 aliphatic rings. The van der Waals surface area contributed by atoms with E-state index in [9.17, 15) is 0 Å². The maximum absolute atomic E-state index is 6.05. The Hall–Kier alpha value is -0.340. The molecular weight excluding hydrogens is 236 g/mol. The Bertz CT molecular complexity index is 273. The van der Waals surface area contributed by atoms with Gasteiger partial charge in [0.25, 0.3) is 0 Å². The van der Waals surface area contributed by atoms with Crippen molar-refractivity contribution in [2.45, 2.75) is 86.5 Å². The van der Waals surface area contributed by atoms with Crippen LogP contribution < -0.4 is 0 Å². The van der Waals surface area contributed by atoms with Gasteiger partial charge in [-0.25, -0.2) is 0 Å². The Morgan fingerprint density at radius 2 is 1.63 bits per heavy atom. The summed E-state index contributed by atoms with van der Waals surface area (Å²) in [5.41, 5.74) is 1.43. The molecule has 0 saturated carbocycles. The van der Waals surface area contributed by atoms with E-state index in [1.165, 1.54) is 12.0 Å². The lowest BCUT2D eigenvalue weighted by Gasteiger charge is -2.30. The van der Waals surface area contributed by atoms with Crippen LogP contribution in [0.4, 0.5) is 0 Å². The molecule has 0 aromatic heterocycles. The van der Waals surface area contributed by atoms with E-state index in [-0.39, 0.29) is 11.9 Å². The Balaban J connectivity index is 4.42. The van der Waals surface area contributed by atoms with E-state index in [2.05, 4.69) is 61.5 Å². The van der Waals surface area contributed by atoms with Crippen molar-refractivity contribution in [3.05, 3.63) is 11.6 Å². The van der Waals surface area contributed by atoms with Gasteiger partial charge in [0.1, 0.15) is 0 Å². The van der Waals surface area contributed by atoms with E-state index in [1.54, 1.807) is 0 Å². The number of rotatable bonds is 9. The minimum Gasteiger partial charge on any atom is -0.349 e. The second kappa shape index (κ2) is 8.06. The molecule has 0 bridgehead atoms. The van der Waals surface area contributed by atoms with Gasteiger partial charge in [0.05, 0.1) is 12.2 Å². The van der Waals surface area contributed by atoms with Gasteiger partial charge in [-0.15, -0.1) is 0 Å². The number of allylic oxidation sites excluding steroid dienone is 1. The molecule has 0 radical (unpaired) electrons. The van der Waals surface area contributed by atoms with Gasteiger partial charge < -0.3 is 9.47 Å². The monoisotopic (exact) mass is 270 g/mol. The van der Waals surface area contributed by atoms with E-state index >= 15 is 0 Å². The molecular formula is C17H34O2. The first-order valence-electron chi connectivity index (χ1n) is 7.56. The molecule has 0 heterocycles. The first-order chi connectivity index (χ1) is 8.62. The van der Waals surface area contributed by atoms with Gasteiger partial charge in [0, 0.05) is 0 Å². The average molecular weight is 270 g/mol. The van der Waals surface area contributed by atoms with Gasteiger partial charge in [-0.1, -0.05) is 39.7 Å². The molecule has 0 aliphatic carbocycles. The summed E-state index contributed by atoms with van der Waals surface area (Å²) in [7, 11) is 0. The summed E-state index contributed by atoms with van der Waals surface area (Å²) in [5.74, 6) is 0. The lowest BCUT2D eigenvalue weighted by atomic mass is 9.87. The second-order valence-electron chi connectivity index (χ2n) is 6.98. The minimum absolute atomic E-state index is 0.142. The van der Waals surface area contributed by atoms with E-state index in [0.29, 0.717) is 5.41 Å². The van der Waals surface area contributed by atoms with Crippen LogP contribution in [0, 0.1) is 5.41 Å². The Kier molecular flexibility index (Phi) is 7.92. The maximum Gasteiger partial charge on any atom is 0.177 e. The fraction of sp³-hybridized carbons (Fsp3) is 0.882. The van der Waals surface area contributed by atoms with Crippen LogP contribution in [-0.2, 0) is 9.47 Å². The predicted molar refractivity (Wildman–Crippen MR) is 83.3 cm³/mol. The molecule has 0 rings (SSSR count).